The van der Waals surface area contributed by atoms with E-state index >= 15 is 0 Å². The first kappa shape index (κ1) is 7.03. The van der Waals surface area contributed by atoms with E-state index in [1.807, 2.05) is 24.3 Å². The number of nitrogens with zero attached hydrogens (tertiary/aromatic N) is 3. The summed E-state index contributed by atoms with van der Waals surface area (Å²) in [5.74, 6) is 0. The molecule has 0 atom stereocenters. The smallest absolute Gasteiger partial charge is 0.118 e. The molecule has 0 unspecified atom stereocenters. The second-order valence-electron chi connectivity index (χ2n) is 3.20. The Balaban J connectivity index is 2.10. The predicted molar refractivity (Wildman–Crippen MR) is 47.4 cm³/mol. The minimum atomic E-state index is 0.340. The largest absolute Gasteiger partial charge is 0.377 e. The maximum Gasteiger partial charge on any atom is 0.118 e. The van der Waals surface area contributed by atoms with Gasteiger partial charge in [0.2, 0.25) is 0 Å². The monoisotopic (exact) mass is 175 g/mol. The Hall–Kier alpha value is -1.42. The average molecular weight is 175 g/mol. The van der Waals surface area contributed by atoms with Crippen molar-refractivity contribution in [2.75, 3.05) is 13.2 Å². The molecule has 1 aliphatic rings. The lowest BCUT2D eigenvalue weighted by Gasteiger charge is -2.24. The molecule has 1 aromatic heterocycles. The maximum atomic E-state index is 5.08. The lowest BCUT2D eigenvalue weighted by molar-refractivity contribution is -0.0343. The van der Waals surface area contributed by atoms with Crippen LogP contribution in [0.5, 0.6) is 0 Å². The van der Waals surface area contributed by atoms with Gasteiger partial charge in [-0.05, 0) is 12.1 Å². The third kappa shape index (κ3) is 1.02. The highest BCUT2D eigenvalue weighted by Crippen LogP contribution is 2.17. The zero-order valence-corrected chi connectivity index (χ0v) is 7.05. The molecule has 4 nitrogen and oxygen atoms in total. The first-order chi connectivity index (χ1) is 6.43. The van der Waals surface area contributed by atoms with Gasteiger partial charge in [-0.3, -0.25) is 0 Å². The Bertz CT molecular complexity index is 400. The molecule has 0 radical (unpaired) electrons. The van der Waals surface area contributed by atoms with E-state index in [1.54, 1.807) is 4.80 Å². The van der Waals surface area contributed by atoms with E-state index in [0.29, 0.717) is 6.04 Å². The summed E-state index contributed by atoms with van der Waals surface area (Å²) in [6.45, 7) is 1.47. The summed E-state index contributed by atoms with van der Waals surface area (Å²) < 4.78 is 5.08. The van der Waals surface area contributed by atoms with Crippen LogP contribution in [0.4, 0.5) is 0 Å². The Labute approximate surface area is 75.1 Å². The molecule has 2 aromatic rings. The van der Waals surface area contributed by atoms with Crippen LogP contribution in [-0.2, 0) is 4.74 Å². The summed E-state index contributed by atoms with van der Waals surface area (Å²) in [6.07, 6.45) is 0. The minimum Gasteiger partial charge on any atom is -0.377 e. The molecule has 1 aliphatic heterocycles. The van der Waals surface area contributed by atoms with Gasteiger partial charge in [-0.2, -0.15) is 15.0 Å². The van der Waals surface area contributed by atoms with Crippen molar-refractivity contribution in [3.8, 4) is 0 Å². The highest BCUT2D eigenvalue weighted by atomic mass is 16.5. The van der Waals surface area contributed by atoms with Crippen LogP contribution in [-0.4, -0.2) is 28.2 Å². The number of rotatable bonds is 1. The SMILES string of the molecule is c1ccc2nn(C3COC3)nc2c1. The van der Waals surface area contributed by atoms with Crippen molar-refractivity contribution in [3.63, 3.8) is 0 Å². The van der Waals surface area contributed by atoms with Crippen molar-refractivity contribution in [3.05, 3.63) is 24.3 Å². The molecule has 4 heteroatoms. The molecule has 3 rings (SSSR count). The lowest BCUT2D eigenvalue weighted by Crippen LogP contribution is -2.32. The van der Waals surface area contributed by atoms with Gasteiger partial charge in [-0.25, -0.2) is 0 Å². The number of fused-ring (bicyclic) bond motifs is 1. The molecule has 2 heterocycles. The maximum absolute atomic E-state index is 5.08. The van der Waals surface area contributed by atoms with Crippen molar-refractivity contribution < 1.29 is 4.74 Å². The molecule has 1 aromatic carbocycles. The Kier molecular flexibility index (Phi) is 1.37. The fourth-order valence-electron chi connectivity index (χ4n) is 1.40. The van der Waals surface area contributed by atoms with Gasteiger partial charge in [0.25, 0.3) is 0 Å². The van der Waals surface area contributed by atoms with E-state index in [0.717, 1.165) is 24.2 Å². The van der Waals surface area contributed by atoms with E-state index in [-0.39, 0.29) is 0 Å². The summed E-state index contributed by atoms with van der Waals surface area (Å²) in [6, 6.07) is 8.22. The summed E-state index contributed by atoms with van der Waals surface area (Å²) >= 11 is 0. The fourth-order valence-corrected chi connectivity index (χ4v) is 1.40. The number of benzene rings is 1. The molecular formula is C9H9N3O. The van der Waals surface area contributed by atoms with Gasteiger partial charge in [0.05, 0.1) is 13.2 Å². The number of hydrogen-bond donors (Lipinski definition) is 0. The van der Waals surface area contributed by atoms with Gasteiger partial charge in [0, 0.05) is 0 Å². The number of ether oxygens (including phenoxy) is 1. The van der Waals surface area contributed by atoms with Gasteiger partial charge in [-0.15, -0.1) is 0 Å². The molecular weight excluding hydrogens is 166 g/mol. The Morgan fingerprint density at radius 2 is 1.77 bits per heavy atom. The standard InChI is InChI=1S/C9H9N3O/c1-2-4-9-8(3-1)10-12(11-9)7-5-13-6-7/h1-4,7H,5-6H2. The van der Waals surface area contributed by atoms with E-state index in [9.17, 15) is 0 Å². The van der Waals surface area contributed by atoms with Gasteiger partial charge in [0.15, 0.2) is 0 Å². The first-order valence-corrected chi connectivity index (χ1v) is 4.33. The number of aromatic nitrogens is 3. The van der Waals surface area contributed by atoms with E-state index in [1.165, 1.54) is 0 Å². The first-order valence-electron chi connectivity index (χ1n) is 4.33. The molecule has 13 heavy (non-hydrogen) atoms. The second-order valence-corrected chi connectivity index (χ2v) is 3.20. The van der Waals surface area contributed by atoms with E-state index in [4.69, 9.17) is 4.74 Å². The molecule has 1 saturated heterocycles. The summed E-state index contributed by atoms with van der Waals surface area (Å²) in [7, 11) is 0. The molecule has 0 spiro atoms. The van der Waals surface area contributed by atoms with Crippen molar-refractivity contribution in [1.29, 1.82) is 0 Å². The zero-order chi connectivity index (χ0) is 8.67. The third-order valence-corrected chi connectivity index (χ3v) is 2.25. The molecule has 0 amide bonds. The molecule has 1 fully saturated rings. The highest BCUT2D eigenvalue weighted by molar-refractivity contribution is 5.72. The molecule has 0 saturated carbocycles. The average Bonchev–Trinajstić information content (AvgIpc) is 2.43. The topological polar surface area (TPSA) is 39.9 Å². The number of hydrogen-bond acceptors (Lipinski definition) is 3. The van der Waals surface area contributed by atoms with Crippen LogP contribution < -0.4 is 0 Å². The van der Waals surface area contributed by atoms with E-state index in [2.05, 4.69) is 10.2 Å². The molecule has 0 bridgehead atoms. The normalized spacial score (nSPS) is 17.5. The predicted octanol–water partition coefficient (Wildman–Crippen LogP) is 1.00. The summed E-state index contributed by atoms with van der Waals surface area (Å²) in [5.41, 5.74) is 1.91. The molecule has 0 N–H and O–H groups in total. The minimum absolute atomic E-state index is 0.340. The lowest BCUT2D eigenvalue weighted by atomic mass is 10.3. The summed E-state index contributed by atoms with van der Waals surface area (Å²) in [5, 5.41) is 8.72. The molecule has 66 valence electrons. The van der Waals surface area contributed by atoms with Gasteiger partial charge < -0.3 is 4.74 Å². The van der Waals surface area contributed by atoms with Crippen molar-refractivity contribution in [2.45, 2.75) is 6.04 Å². The van der Waals surface area contributed by atoms with Gasteiger partial charge in [0.1, 0.15) is 17.1 Å². The van der Waals surface area contributed by atoms with Crippen LogP contribution in [0.1, 0.15) is 6.04 Å². The Morgan fingerprint density at radius 3 is 2.23 bits per heavy atom. The van der Waals surface area contributed by atoms with Gasteiger partial charge >= 0.3 is 0 Å². The molecule has 0 aliphatic carbocycles. The van der Waals surface area contributed by atoms with Gasteiger partial charge in [-0.1, -0.05) is 12.1 Å². The van der Waals surface area contributed by atoms with Crippen molar-refractivity contribution in [2.24, 2.45) is 0 Å². The van der Waals surface area contributed by atoms with Crippen LogP contribution in [0.15, 0.2) is 24.3 Å². The van der Waals surface area contributed by atoms with Crippen LogP contribution in [0.3, 0.4) is 0 Å². The zero-order valence-electron chi connectivity index (χ0n) is 7.05. The third-order valence-electron chi connectivity index (χ3n) is 2.25. The van der Waals surface area contributed by atoms with Crippen LogP contribution in [0.25, 0.3) is 11.0 Å². The van der Waals surface area contributed by atoms with Crippen molar-refractivity contribution in [1.82, 2.24) is 15.0 Å². The summed E-state index contributed by atoms with van der Waals surface area (Å²) in [4.78, 5) is 1.76. The highest BCUT2D eigenvalue weighted by Gasteiger charge is 2.22. The van der Waals surface area contributed by atoms with Crippen LogP contribution >= 0.6 is 0 Å². The van der Waals surface area contributed by atoms with Crippen LogP contribution in [0, 0.1) is 0 Å². The Morgan fingerprint density at radius 1 is 1.15 bits per heavy atom. The second kappa shape index (κ2) is 2.53. The van der Waals surface area contributed by atoms with Crippen molar-refractivity contribution >= 4 is 11.0 Å². The van der Waals surface area contributed by atoms with Crippen LogP contribution in [0.2, 0.25) is 0 Å². The fraction of sp³-hybridized carbons (Fsp3) is 0.333. The quantitative estimate of drug-likeness (QED) is 0.649. The van der Waals surface area contributed by atoms with E-state index < -0.39 is 0 Å².